The summed E-state index contributed by atoms with van der Waals surface area (Å²) in [6, 6.07) is 12.4. The molecule has 0 spiro atoms. The van der Waals surface area contributed by atoms with Crippen molar-refractivity contribution < 1.29 is 19.1 Å². The number of likely N-dealkylation sites (N-methyl/N-ethyl adjacent to an activating group) is 1. The molecule has 0 aromatic heterocycles. The van der Waals surface area contributed by atoms with Crippen molar-refractivity contribution in [1.82, 2.24) is 5.32 Å². The van der Waals surface area contributed by atoms with E-state index in [1.807, 2.05) is 18.2 Å². The van der Waals surface area contributed by atoms with E-state index in [9.17, 15) is 9.59 Å². The summed E-state index contributed by atoms with van der Waals surface area (Å²) in [6.07, 6.45) is 0.299. The molecule has 0 fully saturated rings. The van der Waals surface area contributed by atoms with Gasteiger partial charge in [0.15, 0.2) is 0 Å². The van der Waals surface area contributed by atoms with Gasteiger partial charge in [0.25, 0.3) is 5.91 Å². The average Bonchev–Trinajstić information content (AvgIpc) is 2.64. The third-order valence-electron chi connectivity index (χ3n) is 3.59. The van der Waals surface area contributed by atoms with Crippen molar-refractivity contribution in [2.45, 2.75) is 6.42 Å². The summed E-state index contributed by atoms with van der Waals surface area (Å²) in [4.78, 5) is 24.0. The van der Waals surface area contributed by atoms with E-state index in [4.69, 9.17) is 9.47 Å². The first-order valence-corrected chi connectivity index (χ1v) is 8.85. The van der Waals surface area contributed by atoms with E-state index in [0.29, 0.717) is 36.6 Å². The number of halogens is 1. The lowest BCUT2D eigenvalue weighted by atomic mass is 10.1. The molecule has 2 aromatic rings. The maximum atomic E-state index is 12.6. The number of ether oxygens (including phenoxy) is 2. The maximum Gasteiger partial charge on any atom is 0.259 e. The lowest BCUT2D eigenvalue weighted by Gasteiger charge is -2.12. The van der Waals surface area contributed by atoms with Gasteiger partial charge in [0.2, 0.25) is 5.91 Å². The summed E-state index contributed by atoms with van der Waals surface area (Å²) in [7, 11) is 3.19. The smallest absolute Gasteiger partial charge is 0.259 e. The van der Waals surface area contributed by atoms with Gasteiger partial charge in [0.05, 0.1) is 18.6 Å². The third kappa shape index (κ3) is 5.86. The van der Waals surface area contributed by atoms with Crippen LogP contribution < -0.4 is 15.4 Å². The minimum Gasteiger partial charge on any atom is -0.490 e. The van der Waals surface area contributed by atoms with Crippen molar-refractivity contribution in [3.8, 4) is 5.75 Å². The Morgan fingerprint density at radius 3 is 2.46 bits per heavy atom. The summed E-state index contributed by atoms with van der Waals surface area (Å²) in [5, 5.41) is 5.42. The van der Waals surface area contributed by atoms with Crippen molar-refractivity contribution in [2.24, 2.45) is 0 Å². The predicted octanol–water partition coefficient (Wildman–Crippen LogP) is 3.02. The molecule has 2 amide bonds. The van der Waals surface area contributed by atoms with E-state index in [0.717, 1.165) is 10.0 Å². The van der Waals surface area contributed by atoms with Gasteiger partial charge >= 0.3 is 0 Å². The number of amides is 2. The molecule has 0 aliphatic rings. The molecule has 138 valence electrons. The Kier molecular flexibility index (Phi) is 7.62. The van der Waals surface area contributed by atoms with Crippen LogP contribution in [0.3, 0.4) is 0 Å². The molecule has 6 nitrogen and oxygen atoms in total. The Morgan fingerprint density at radius 1 is 1.08 bits per heavy atom. The van der Waals surface area contributed by atoms with Crippen molar-refractivity contribution in [2.75, 3.05) is 32.7 Å². The van der Waals surface area contributed by atoms with Gasteiger partial charge in [-0.2, -0.15) is 0 Å². The molecule has 0 heterocycles. The van der Waals surface area contributed by atoms with Gasteiger partial charge in [-0.15, -0.1) is 0 Å². The first-order valence-electron chi connectivity index (χ1n) is 8.05. The lowest BCUT2D eigenvalue weighted by molar-refractivity contribution is -0.119. The van der Waals surface area contributed by atoms with E-state index in [2.05, 4.69) is 26.6 Å². The van der Waals surface area contributed by atoms with E-state index in [1.54, 1.807) is 38.4 Å². The van der Waals surface area contributed by atoms with Crippen LogP contribution in [0.1, 0.15) is 15.9 Å². The monoisotopic (exact) mass is 420 g/mol. The Balaban J connectivity index is 2.09. The quantitative estimate of drug-likeness (QED) is 0.643. The standard InChI is InChI=1S/C19H21BrN2O4/c1-21-18(23)11-13-3-6-15(7-4-13)22-19(24)16-12-14(20)5-8-17(16)26-10-9-25-2/h3-8,12H,9-11H2,1-2H3,(H,21,23)(H,22,24). The van der Waals surface area contributed by atoms with Gasteiger partial charge in [-0.3, -0.25) is 9.59 Å². The first-order chi connectivity index (χ1) is 12.5. The molecule has 0 saturated heterocycles. The van der Waals surface area contributed by atoms with Crippen molar-refractivity contribution >= 4 is 33.4 Å². The second-order valence-electron chi connectivity index (χ2n) is 5.48. The number of rotatable bonds is 8. The van der Waals surface area contributed by atoms with Gasteiger partial charge in [-0.05, 0) is 35.9 Å². The zero-order valence-corrected chi connectivity index (χ0v) is 16.3. The van der Waals surface area contributed by atoms with Crippen LogP contribution in [0.25, 0.3) is 0 Å². The molecule has 2 N–H and O–H groups in total. The zero-order valence-electron chi connectivity index (χ0n) is 14.7. The minimum atomic E-state index is -0.280. The highest BCUT2D eigenvalue weighted by molar-refractivity contribution is 9.10. The largest absolute Gasteiger partial charge is 0.490 e. The topological polar surface area (TPSA) is 76.7 Å². The van der Waals surface area contributed by atoms with Crippen LogP contribution in [-0.4, -0.2) is 39.2 Å². The fourth-order valence-corrected chi connectivity index (χ4v) is 2.58. The maximum absolute atomic E-state index is 12.6. The molecule has 26 heavy (non-hydrogen) atoms. The van der Waals surface area contributed by atoms with Crippen LogP contribution in [0.2, 0.25) is 0 Å². The number of nitrogens with one attached hydrogen (secondary N) is 2. The number of carbonyl (C=O) groups is 2. The molecule has 0 aliphatic carbocycles. The van der Waals surface area contributed by atoms with Gasteiger partial charge < -0.3 is 20.1 Å². The number of benzene rings is 2. The molecular formula is C19H21BrN2O4. The Hall–Kier alpha value is -2.38. The predicted molar refractivity (Wildman–Crippen MR) is 104 cm³/mol. The lowest BCUT2D eigenvalue weighted by Crippen LogP contribution is -2.20. The minimum absolute atomic E-state index is 0.0613. The molecule has 2 aromatic carbocycles. The Morgan fingerprint density at radius 2 is 1.81 bits per heavy atom. The summed E-state index contributed by atoms with van der Waals surface area (Å²) in [6.45, 7) is 0.788. The number of hydrogen-bond acceptors (Lipinski definition) is 4. The van der Waals surface area contributed by atoms with Crippen LogP contribution in [0.5, 0.6) is 5.75 Å². The zero-order chi connectivity index (χ0) is 18.9. The summed E-state index contributed by atoms with van der Waals surface area (Å²) in [5.74, 6) is 0.144. The van der Waals surface area contributed by atoms with E-state index < -0.39 is 0 Å². The highest BCUT2D eigenvalue weighted by Gasteiger charge is 2.14. The van der Waals surface area contributed by atoms with E-state index in [1.165, 1.54) is 0 Å². The fourth-order valence-electron chi connectivity index (χ4n) is 2.22. The van der Waals surface area contributed by atoms with Gasteiger partial charge in [-0.25, -0.2) is 0 Å². The van der Waals surface area contributed by atoms with E-state index >= 15 is 0 Å². The second-order valence-corrected chi connectivity index (χ2v) is 6.40. The SMILES string of the molecule is CNC(=O)Cc1ccc(NC(=O)c2cc(Br)ccc2OCCOC)cc1. The Labute approximate surface area is 161 Å². The average molecular weight is 421 g/mol. The van der Waals surface area contributed by atoms with Crippen LogP contribution in [0.15, 0.2) is 46.9 Å². The molecule has 0 unspecified atom stereocenters. The molecular weight excluding hydrogens is 400 g/mol. The second kappa shape index (κ2) is 9.94. The number of carbonyl (C=O) groups excluding carboxylic acids is 2. The highest BCUT2D eigenvalue weighted by Crippen LogP contribution is 2.24. The number of hydrogen-bond donors (Lipinski definition) is 2. The van der Waals surface area contributed by atoms with Crippen LogP contribution in [-0.2, 0) is 16.0 Å². The molecule has 2 rings (SSSR count). The fraction of sp³-hybridized carbons (Fsp3) is 0.263. The van der Waals surface area contributed by atoms with Crippen LogP contribution in [0.4, 0.5) is 5.69 Å². The van der Waals surface area contributed by atoms with Gasteiger partial charge in [-0.1, -0.05) is 28.1 Å². The number of anilines is 1. The highest BCUT2D eigenvalue weighted by atomic mass is 79.9. The first kappa shape index (κ1) is 19.9. The molecule has 0 saturated carbocycles. The summed E-state index contributed by atoms with van der Waals surface area (Å²) in [5.41, 5.74) is 1.93. The van der Waals surface area contributed by atoms with Crippen LogP contribution >= 0.6 is 15.9 Å². The van der Waals surface area contributed by atoms with Crippen molar-refractivity contribution in [1.29, 1.82) is 0 Å². The molecule has 0 atom stereocenters. The molecule has 0 aliphatic heterocycles. The van der Waals surface area contributed by atoms with Gasteiger partial charge in [0.1, 0.15) is 12.4 Å². The normalized spacial score (nSPS) is 10.3. The summed E-state index contributed by atoms with van der Waals surface area (Å²) >= 11 is 3.37. The Bertz CT molecular complexity index is 763. The van der Waals surface area contributed by atoms with Gasteiger partial charge in [0, 0.05) is 24.3 Å². The van der Waals surface area contributed by atoms with Crippen LogP contribution in [0, 0.1) is 0 Å². The third-order valence-corrected chi connectivity index (χ3v) is 4.08. The summed E-state index contributed by atoms with van der Waals surface area (Å²) < 4.78 is 11.4. The molecule has 0 radical (unpaired) electrons. The number of methoxy groups -OCH3 is 1. The van der Waals surface area contributed by atoms with Crippen molar-refractivity contribution in [3.63, 3.8) is 0 Å². The van der Waals surface area contributed by atoms with Crippen molar-refractivity contribution in [3.05, 3.63) is 58.1 Å². The van der Waals surface area contributed by atoms with E-state index in [-0.39, 0.29) is 11.8 Å². The molecule has 0 bridgehead atoms. The molecule has 7 heteroatoms.